The molecule has 3 amide bonds. The van der Waals surface area contributed by atoms with Gasteiger partial charge in [-0.25, -0.2) is 4.79 Å². The number of imide groups is 1. The molecule has 5 rings (SSSR count). The van der Waals surface area contributed by atoms with E-state index in [1.165, 1.54) is 34.7 Å². The van der Waals surface area contributed by atoms with Gasteiger partial charge in [-0.05, 0) is 67.1 Å². The standard InChI is InChI=1S/C29H24Cl2N2O5/c30-20-10-12-25(24(31)15-20)32-26(34)16-38-29(37)19-7-4-8-21(13-19)33-27(35)22-11-9-18(14-23(22)28(33)36)17-5-2-1-3-6-17/h1-8,10,12-13,15,18,22-23H,9,11,14,16H2,(H,32,34)/t18-,22+,23+/m0/s1. The molecule has 0 bridgehead atoms. The molecule has 1 heterocycles. The monoisotopic (exact) mass is 550 g/mol. The number of hydrogen-bond donors (Lipinski definition) is 1. The highest BCUT2D eigenvalue weighted by Crippen LogP contribution is 2.45. The predicted octanol–water partition coefficient (Wildman–Crippen LogP) is 5.86. The number of nitrogens with one attached hydrogen (secondary N) is 1. The van der Waals surface area contributed by atoms with Gasteiger partial charge in [-0.15, -0.1) is 0 Å². The van der Waals surface area contributed by atoms with Gasteiger partial charge in [0.05, 0.1) is 33.8 Å². The van der Waals surface area contributed by atoms with E-state index in [-0.39, 0.29) is 40.2 Å². The molecule has 0 aromatic heterocycles. The van der Waals surface area contributed by atoms with Crippen LogP contribution in [0.1, 0.15) is 41.1 Å². The third-order valence-electron chi connectivity index (χ3n) is 7.08. The van der Waals surface area contributed by atoms with Crippen LogP contribution in [-0.4, -0.2) is 30.3 Å². The van der Waals surface area contributed by atoms with E-state index >= 15 is 0 Å². The van der Waals surface area contributed by atoms with E-state index in [9.17, 15) is 19.2 Å². The van der Waals surface area contributed by atoms with Crippen molar-refractivity contribution in [2.45, 2.75) is 25.2 Å². The van der Waals surface area contributed by atoms with Gasteiger partial charge in [-0.1, -0.05) is 59.6 Å². The summed E-state index contributed by atoms with van der Waals surface area (Å²) in [4.78, 5) is 52.7. The van der Waals surface area contributed by atoms with Crippen molar-refractivity contribution in [3.8, 4) is 0 Å². The fourth-order valence-electron chi connectivity index (χ4n) is 5.23. The van der Waals surface area contributed by atoms with Gasteiger partial charge < -0.3 is 10.1 Å². The highest BCUT2D eigenvalue weighted by atomic mass is 35.5. The molecule has 3 aromatic carbocycles. The summed E-state index contributed by atoms with van der Waals surface area (Å²) in [5.41, 5.74) is 1.95. The van der Waals surface area contributed by atoms with Gasteiger partial charge in [0, 0.05) is 5.02 Å². The molecule has 194 valence electrons. The number of halogens is 2. The van der Waals surface area contributed by atoms with E-state index < -0.39 is 18.5 Å². The predicted molar refractivity (Wildman–Crippen MR) is 144 cm³/mol. The van der Waals surface area contributed by atoms with Crippen LogP contribution in [0.5, 0.6) is 0 Å². The minimum atomic E-state index is -0.759. The molecule has 2 fully saturated rings. The second-order valence-electron chi connectivity index (χ2n) is 9.44. The van der Waals surface area contributed by atoms with Gasteiger partial charge in [0.15, 0.2) is 6.61 Å². The van der Waals surface area contributed by atoms with E-state index in [4.69, 9.17) is 27.9 Å². The molecule has 7 nitrogen and oxygen atoms in total. The van der Waals surface area contributed by atoms with Gasteiger partial charge in [-0.2, -0.15) is 0 Å². The molecule has 1 aliphatic carbocycles. The van der Waals surface area contributed by atoms with Crippen LogP contribution in [-0.2, 0) is 19.1 Å². The zero-order valence-corrected chi connectivity index (χ0v) is 21.7. The Morgan fingerprint density at radius 1 is 0.895 bits per heavy atom. The summed E-state index contributed by atoms with van der Waals surface area (Å²) < 4.78 is 5.15. The second kappa shape index (κ2) is 11.0. The lowest BCUT2D eigenvalue weighted by molar-refractivity contribution is -0.122. The zero-order chi connectivity index (χ0) is 26.8. The molecular weight excluding hydrogens is 527 g/mol. The molecule has 1 aliphatic heterocycles. The second-order valence-corrected chi connectivity index (χ2v) is 10.3. The van der Waals surface area contributed by atoms with Crippen molar-refractivity contribution >= 4 is 58.3 Å². The van der Waals surface area contributed by atoms with Crippen LogP contribution in [0.15, 0.2) is 72.8 Å². The van der Waals surface area contributed by atoms with E-state index in [0.717, 1.165) is 6.42 Å². The van der Waals surface area contributed by atoms with Gasteiger partial charge in [-0.3, -0.25) is 19.3 Å². The van der Waals surface area contributed by atoms with Gasteiger partial charge in [0.25, 0.3) is 5.91 Å². The Balaban J connectivity index is 1.24. The highest BCUT2D eigenvalue weighted by Gasteiger charge is 2.50. The lowest BCUT2D eigenvalue weighted by Crippen LogP contribution is -2.31. The largest absolute Gasteiger partial charge is 0.452 e. The fraction of sp³-hybridized carbons (Fsp3) is 0.241. The first-order valence-electron chi connectivity index (χ1n) is 12.3. The molecule has 9 heteroatoms. The smallest absolute Gasteiger partial charge is 0.338 e. The molecular formula is C29H24Cl2N2O5. The quantitative estimate of drug-likeness (QED) is 0.306. The molecule has 1 saturated carbocycles. The van der Waals surface area contributed by atoms with Gasteiger partial charge in [0.1, 0.15) is 0 Å². The summed E-state index contributed by atoms with van der Waals surface area (Å²) in [7, 11) is 0. The van der Waals surface area contributed by atoms with Crippen molar-refractivity contribution in [3.63, 3.8) is 0 Å². The van der Waals surface area contributed by atoms with Crippen molar-refractivity contribution < 1.29 is 23.9 Å². The average molecular weight is 551 g/mol. The minimum absolute atomic E-state index is 0.123. The number of nitrogens with zero attached hydrogens (tertiary/aromatic N) is 1. The summed E-state index contributed by atoms with van der Waals surface area (Å²) in [5.74, 6) is -2.35. The Labute approximate surface area is 229 Å². The zero-order valence-electron chi connectivity index (χ0n) is 20.2. The Bertz CT molecular complexity index is 1410. The summed E-state index contributed by atoms with van der Waals surface area (Å²) in [5, 5.41) is 3.22. The maximum Gasteiger partial charge on any atom is 0.338 e. The lowest BCUT2D eigenvalue weighted by Gasteiger charge is -2.28. The fourth-order valence-corrected chi connectivity index (χ4v) is 5.68. The SMILES string of the molecule is O=C(COC(=O)c1cccc(N2C(=O)[C@@H]3CC[C@H](c4ccccc4)C[C@H]3C2=O)c1)Nc1ccc(Cl)cc1Cl. The summed E-state index contributed by atoms with van der Waals surface area (Å²) in [6, 6.07) is 20.8. The third-order valence-corrected chi connectivity index (χ3v) is 7.62. The van der Waals surface area contributed by atoms with Crippen molar-refractivity contribution in [3.05, 3.63) is 94.0 Å². The van der Waals surface area contributed by atoms with Crippen LogP contribution in [0.25, 0.3) is 0 Å². The number of fused-ring (bicyclic) bond motifs is 1. The lowest BCUT2D eigenvalue weighted by atomic mass is 9.73. The molecule has 3 atom stereocenters. The van der Waals surface area contributed by atoms with Crippen LogP contribution in [0.3, 0.4) is 0 Å². The number of amides is 3. The first-order valence-corrected chi connectivity index (χ1v) is 13.0. The minimum Gasteiger partial charge on any atom is -0.452 e. The number of anilines is 2. The summed E-state index contributed by atoms with van der Waals surface area (Å²) >= 11 is 11.9. The molecule has 2 aliphatic rings. The summed E-state index contributed by atoms with van der Waals surface area (Å²) in [6.45, 7) is -0.547. The molecule has 0 spiro atoms. The number of carbonyl (C=O) groups is 4. The Kier molecular flexibility index (Phi) is 7.49. The molecule has 1 N–H and O–H groups in total. The number of esters is 1. The van der Waals surface area contributed by atoms with Gasteiger partial charge in [0.2, 0.25) is 11.8 Å². The molecule has 1 saturated heterocycles. The third kappa shape index (κ3) is 5.30. The molecule has 3 aromatic rings. The maximum absolute atomic E-state index is 13.4. The Morgan fingerprint density at radius 3 is 2.42 bits per heavy atom. The van der Waals surface area contributed by atoms with Crippen molar-refractivity contribution in [1.82, 2.24) is 0 Å². The van der Waals surface area contributed by atoms with Crippen molar-refractivity contribution in [2.24, 2.45) is 11.8 Å². The van der Waals surface area contributed by atoms with Crippen LogP contribution in [0.2, 0.25) is 10.0 Å². The Hall–Kier alpha value is -3.68. The number of benzene rings is 3. The molecule has 0 radical (unpaired) electrons. The normalized spacial score (nSPS) is 20.7. The number of carbonyl (C=O) groups excluding carboxylic acids is 4. The number of hydrogen-bond acceptors (Lipinski definition) is 5. The topological polar surface area (TPSA) is 92.8 Å². The van der Waals surface area contributed by atoms with Gasteiger partial charge >= 0.3 is 5.97 Å². The van der Waals surface area contributed by atoms with Crippen LogP contribution in [0.4, 0.5) is 11.4 Å². The van der Waals surface area contributed by atoms with E-state index in [2.05, 4.69) is 17.4 Å². The van der Waals surface area contributed by atoms with Crippen LogP contribution >= 0.6 is 23.2 Å². The maximum atomic E-state index is 13.4. The van der Waals surface area contributed by atoms with E-state index in [1.807, 2.05) is 18.2 Å². The molecule has 38 heavy (non-hydrogen) atoms. The van der Waals surface area contributed by atoms with Crippen LogP contribution < -0.4 is 10.2 Å². The molecule has 0 unspecified atom stereocenters. The van der Waals surface area contributed by atoms with E-state index in [0.29, 0.717) is 29.2 Å². The highest BCUT2D eigenvalue weighted by molar-refractivity contribution is 6.36. The first-order chi connectivity index (χ1) is 18.3. The average Bonchev–Trinajstić information content (AvgIpc) is 3.18. The number of ether oxygens (including phenoxy) is 1. The Morgan fingerprint density at radius 2 is 1.66 bits per heavy atom. The van der Waals surface area contributed by atoms with Crippen molar-refractivity contribution in [1.29, 1.82) is 0 Å². The van der Waals surface area contributed by atoms with E-state index in [1.54, 1.807) is 18.2 Å². The summed E-state index contributed by atoms with van der Waals surface area (Å²) in [6.07, 6.45) is 2.09. The van der Waals surface area contributed by atoms with Crippen LogP contribution in [0, 0.1) is 11.8 Å². The number of rotatable bonds is 6. The van der Waals surface area contributed by atoms with Crippen molar-refractivity contribution in [2.75, 3.05) is 16.8 Å². The first kappa shape index (κ1) is 25.9.